The fraction of sp³-hybridized carbons (Fsp3) is 0.458. The van der Waals surface area contributed by atoms with Crippen LogP contribution in [0.3, 0.4) is 0 Å². The van der Waals surface area contributed by atoms with E-state index in [4.69, 9.17) is 9.47 Å². The lowest BCUT2D eigenvalue weighted by molar-refractivity contribution is -0.276. The number of benzene rings is 2. The number of carbonyl (C=O) groups excluding carboxylic acids is 1. The zero-order valence-electron chi connectivity index (χ0n) is 17.0. The molecule has 0 saturated carbocycles. The van der Waals surface area contributed by atoms with Gasteiger partial charge in [0.2, 0.25) is 0 Å². The Morgan fingerprint density at radius 3 is 2.28 bits per heavy atom. The molecule has 2 fully saturated rings. The molecular formula is C24H28N2O3. The van der Waals surface area contributed by atoms with Crippen LogP contribution in [0.5, 0.6) is 0 Å². The van der Waals surface area contributed by atoms with E-state index in [2.05, 4.69) is 24.0 Å². The van der Waals surface area contributed by atoms with Crippen molar-refractivity contribution >= 4 is 11.6 Å². The van der Waals surface area contributed by atoms with Crippen LogP contribution in [0, 0.1) is 0 Å². The molecule has 0 atom stereocenters. The van der Waals surface area contributed by atoms with Gasteiger partial charge in [-0.25, -0.2) is 0 Å². The molecule has 0 radical (unpaired) electrons. The number of amides is 1. The van der Waals surface area contributed by atoms with Gasteiger partial charge in [-0.15, -0.1) is 0 Å². The minimum atomic E-state index is -1.32. The number of fused-ring (bicyclic) bond motifs is 2. The molecule has 29 heavy (non-hydrogen) atoms. The maximum Gasteiger partial charge on any atom is 0.293 e. The summed E-state index contributed by atoms with van der Waals surface area (Å²) >= 11 is 0. The highest BCUT2D eigenvalue weighted by atomic mass is 16.7. The zero-order chi connectivity index (χ0) is 19.9. The van der Waals surface area contributed by atoms with Crippen LogP contribution in [0.15, 0.2) is 54.6 Å². The number of ether oxygens (including phenoxy) is 2. The summed E-state index contributed by atoms with van der Waals surface area (Å²) in [4.78, 5) is 17.8. The van der Waals surface area contributed by atoms with E-state index >= 15 is 0 Å². The first kappa shape index (κ1) is 18.8. The number of rotatable bonds is 3. The smallest absolute Gasteiger partial charge is 0.293 e. The number of hydrogen-bond donors (Lipinski definition) is 0. The number of nitrogens with zero attached hydrogens (tertiary/aromatic N) is 2. The average molecular weight is 392 g/mol. The lowest BCUT2D eigenvalue weighted by Gasteiger charge is -2.42. The topological polar surface area (TPSA) is 42.0 Å². The molecule has 3 aliphatic heterocycles. The average Bonchev–Trinajstić information content (AvgIpc) is 3.00. The monoisotopic (exact) mass is 392 g/mol. The highest BCUT2D eigenvalue weighted by Gasteiger charge is 2.57. The van der Waals surface area contributed by atoms with Gasteiger partial charge in [0.25, 0.3) is 11.7 Å². The summed E-state index contributed by atoms with van der Waals surface area (Å²) in [5, 5.41) is 0. The van der Waals surface area contributed by atoms with Crippen LogP contribution >= 0.6 is 0 Å². The Morgan fingerprint density at radius 2 is 1.55 bits per heavy atom. The van der Waals surface area contributed by atoms with Crippen LogP contribution < -0.4 is 4.90 Å². The maximum absolute atomic E-state index is 13.6. The number of hydrogen-bond acceptors (Lipinski definition) is 4. The van der Waals surface area contributed by atoms with Crippen molar-refractivity contribution in [2.75, 3.05) is 37.9 Å². The fourth-order valence-electron chi connectivity index (χ4n) is 4.72. The van der Waals surface area contributed by atoms with Crippen molar-refractivity contribution in [3.8, 4) is 0 Å². The summed E-state index contributed by atoms with van der Waals surface area (Å²) < 4.78 is 12.6. The molecule has 3 heterocycles. The SMILES string of the molecule is CC1(c2ccccc2)COC2(OC1)C(=O)N(CN1CCCCC1)c1ccccc12. The van der Waals surface area contributed by atoms with Crippen molar-refractivity contribution in [2.24, 2.45) is 0 Å². The van der Waals surface area contributed by atoms with Gasteiger partial charge in [0, 0.05) is 11.0 Å². The van der Waals surface area contributed by atoms with Gasteiger partial charge < -0.3 is 9.47 Å². The molecule has 2 aromatic carbocycles. The highest BCUT2D eigenvalue weighted by Crippen LogP contribution is 2.47. The minimum Gasteiger partial charge on any atom is -0.337 e. The summed E-state index contributed by atoms with van der Waals surface area (Å²) in [6, 6.07) is 18.2. The van der Waals surface area contributed by atoms with Gasteiger partial charge in [-0.05, 0) is 37.6 Å². The Labute approximate surface area is 172 Å². The first-order valence-electron chi connectivity index (χ1n) is 10.6. The third kappa shape index (κ3) is 3.08. The molecule has 2 aromatic rings. The molecule has 3 aliphatic rings. The van der Waals surface area contributed by atoms with Crippen molar-refractivity contribution in [1.82, 2.24) is 4.90 Å². The molecule has 0 N–H and O–H groups in total. The van der Waals surface area contributed by atoms with Gasteiger partial charge in [-0.1, -0.05) is 61.9 Å². The van der Waals surface area contributed by atoms with E-state index in [0.29, 0.717) is 19.9 Å². The predicted molar refractivity (Wildman–Crippen MR) is 112 cm³/mol. The molecule has 2 saturated heterocycles. The first-order valence-corrected chi connectivity index (χ1v) is 10.6. The molecule has 0 unspecified atom stereocenters. The van der Waals surface area contributed by atoms with E-state index in [9.17, 15) is 4.79 Å². The van der Waals surface area contributed by atoms with Crippen molar-refractivity contribution in [3.63, 3.8) is 0 Å². The Bertz CT molecular complexity index is 884. The highest BCUT2D eigenvalue weighted by molar-refractivity contribution is 6.06. The molecule has 5 heteroatoms. The summed E-state index contributed by atoms with van der Waals surface area (Å²) in [6.07, 6.45) is 3.66. The summed E-state index contributed by atoms with van der Waals surface area (Å²) in [5.74, 6) is -1.42. The molecular weight excluding hydrogens is 364 g/mol. The van der Waals surface area contributed by atoms with E-state index < -0.39 is 5.79 Å². The van der Waals surface area contributed by atoms with Crippen molar-refractivity contribution in [1.29, 1.82) is 0 Å². The van der Waals surface area contributed by atoms with Crippen LogP contribution in [0.25, 0.3) is 0 Å². The molecule has 0 aromatic heterocycles. The number of para-hydroxylation sites is 1. The second-order valence-corrected chi connectivity index (χ2v) is 8.69. The summed E-state index contributed by atoms with van der Waals surface area (Å²) in [7, 11) is 0. The van der Waals surface area contributed by atoms with E-state index in [1.165, 1.54) is 24.8 Å². The maximum atomic E-state index is 13.6. The zero-order valence-corrected chi connectivity index (χ0v) is 17.0. The largest absolute Gasteiger partial charge is 0.337 e. The molecule has 0 bridgehead atoms. The van der Waals surface area contributed by atoms with E-state index in [-0.39, 0.29) is 11.3 Å². The third-order valence-corrected chi connectivity index (χ3v) is 6.52. The number of piperidine rings is 1. The second-order valence-electron chi connectivity index (χ2n) is 8.69. The van der Waals surface area contributed by atoms with Crippen molar-refractivity contribution in [2.45, 2.75) is 37.4 Å². The minimum absolute atomic E-state index is 0.0978. The number of likely N-dealkylation sites (tertiary alicyclic amines) is 1. The van der Waals surface area contributed by atoms with Crippen LogP contribution in [-0.4, -0.2) is 43.8 Å². The molecule has 5 rings (SSSR count). The van der Waals surface area contributed by atoms with Gasteiger partial charge in [-0.2, -0.15) is 0 Å². The lowest BCUT2D eigenvalue weighted by atomic mass is 9.83. The van der Waals surface area contributed by atoms with Crippen LogP contribution in [0.1, 0.15) is 37.3 Å². The molecule has 5 nitrogen and oxygen atoms in total. The van der Waals surface area contributed by atoms with Gasteiger partial charge in [0.05, 0.1) is 25.6 Å². The Hall–Kier alpha value is -2.21. The Morgan fingerprint density at radius 1 is 0.897 bits per heavy atom. The van der Waals surface area contributed by atoms with Crippen LogP contribution in [-0.2, 0) is 25.5 Å². The van der Waals surface area contributed by atoms with Crippen molar-refractivity contribution < 1.29 is 14.3 Å². The third-order valence-electron chi connectivity index (χ3n) is 6.52. The van der Waals surface area contributed by atoms with E-state index in [0.717, 1.165) is 24.3 Å². The Balaban J connectivity index is 1.43. The van der Waals surface area contributed by atoms with Gasteiger partial charge in [0.15, 0.2) is 0 Å². The quantitative estimate of drug-likeness (QED) is 0.800. The molecule has 1 amide bonds. The standard InChI is InChI=1S/C24H28N2O3/c1-23(19-10-4-2-5-11-19)16-28-24(29-17-23)20-12-6-7-13-21(20)26(22(24)27)18-25-14-8-3-9-15-25/h2,4-7,10-13H,3,8-9,14-18H2,1H3. The number of carbonyl (C=O) groups is 1. The molecule has 152 valence electrons. The van der Waals surface area contributed by atoms with Gasteiger partial charge in [-0.3, -0.25) is 14.6 Å². The molecule has 0 aliphatic carbocycles. The van der Waals surface area contributed by atoms with Crippen LogP contribution in [0.4, 0.5) is 5.69 Å². The lowest BCUT2D eigenvalue weighted by Crippen LogP contribution is -2.55. The van der Waals surface area contributed by atoms with Gasteiger partial charge >= 0.3 is 0 Å². The van der Waals surface area contributed by atoms with Crippen LogP contribution in [0.2, 0.25) is 0 Å². The van der Waals surface area contributed by atoms with Gasteiger partial charge in [0.1, 0.15) is 0 Å². The normalized spacial score (nSPS) is 30.0. The van der Waals surface area contributed by atoms with E-state index in [1.54, 1.807) is 0 Å². The fourth-order valence-corrected chi connectivity index (χ4v) is 4.72. The molecule has 1 spiro atoms. The first-order chi connectivity index (χ1) is 14.1. The van der Waals surface area contributed by atoms with Crippen molar-refractivity contribution in [3.05, 3.63) is 65.7 Å². The summed E-state index contributed by atoms with van der Waals surface area (Å²) in [6.45, 7) is 5.68. The number of anilines is 1. The second kappa shape index (κ2) is 7.24. The Kier molecular flexibility index (Phi) is 4.69. The van der Waals surface area contributed by atoms with E-state index in [1.807, 2.05) is 47.4 Å². The predicted octanol–water partition coefficient (Wildman–Crippen LogP) is 3.63. The summed E-state index contributed by atoms with van der Waals surface area (Å²) in [5.41, 5.74) is 2.63.